The van der Waals surface area contributed by atoms with Gasteiger partial charge in [-0.25, -0.2) is 13.8 Å². The molecule has 11 nitrogen and oxygen atoms in total. The second-order valence-electron chi connectivity index (χ2n) is 10.7. The number of rotatable bonds is 10. The van der Waals surface area contributed by atoms with E-state index in [0.29, 0.717) is 11.3 Å². The molecule has 1 unspecified atom stereocenters. The first-order valence-electron chi connectivity index (χ1n) is 13.9. The van der Waals surface area contributed by atoms with Crippen LogP contribution in [0.3, 0.4) is 0 Å². The van der Waals surface area contributed by atoms with Gasteiger partial charge < -0.3 is 24.4 Å². The zero-order valence-electron chi connectivity index (χ0n) is 24.7. The van der Waals surface area contributed by atoms with Gasteiger partial charge in [-0.3, -0.25) is 14.2 Å². The van der Waals surface area contributed by atoms with Gasteiger partial charge in [0.15, 0.2) is 11.9 Å². The molecule has 2 aromatic rings. The number of benzene rings is 2. The van der Waals surface area contributed by atoms with Crippen LogP contribution >= 0.6 is 7.75 Å². The number of hydrogen-bond acceptors (Lipinski definition) is 8. The highest BCUT2D eigenvalue weighted by Gasteiger charge is 2.57. The molecule has 44 heavy (non-hydrogen) atoms. The Labute approximate surface area is 255 Å². The van der Waals surface area contributed by atoms with E-state index in [9.17, 15) is 19.3 Å². The largest absolute Gasteiger partial charge is 0.462 e. The van der Waals surface area contributed by atoms with Gasteiger partial charge >= 0.3 is 19.7 Å². The van der Waals surface area contributed by atoms with Crippen molar-refractivity contribution in [2.24, 2.45) is 0 Å². The summed E-state index contributed by atoms with van der Waals surface area (Å²) in [5.41, 5.74) is -0.635. The SMILES string of the molecule is C=C1C=CN([C@@H]2O[C@H](COP(=O)(N[C@@H](C)C(=O)OC(C)C)Oc3ccc(C#Cc4ccccc4)cc3)[C@@H](O)[C@@]2(C)F)C(=O)N1. The molecule has 3 N–H and O–H groups in total. The van der Waals surface area contributed by atoms with E-state index in [-0.39, 0.29) is 5.75 Å². The minimum Gasteiger partial charge on any atom is -0.462 e. The topological polar surface area (TPSA) is 136 Å². The number of allylic oxidation sites excluding steroid dienone is 1. The number of alkyl halides is 1. The number of carbonyl (C=O) groups is 2. The Kier molecular flexibility index (Phi) is 10.3. The minimum absolute atomic E-state index is 0.118. The molecule has 2 aromatic carbocycles. The quantitative estimate of drug-likeness (QED) is 0.199. The van der Waals surface area contributed by atoms with Gasteiger partial charge in [0.1, 0.15) is 24.0 Å². The van der Waals surface area contributed by atoms with Crippen LogP contribution in [0.4, 0.5) is 9.18 Å². The van der Waals surface area contributed by atoms with E-state index in [2.05, 4.69) is 28.8 Å². The van der Waals surface area contributed by atoms with Gasteiger partial charge in [-0.1, -0.05) is 36.6 Å². The van der Waals surface area contributed by atoms with Gasteiger partial charge in [-0.15, -0.1) is 0 Å². The van der Waals surface area contributed by atoms with Crippen LogP contribution in [0.2, 0.25) is 0 Å². The molecule has 0 radical (unpaired) electrons. The molecule has 0 saturated carbocycles. The molecule has 2 heterocycles. The second kappa shape index (κ2) is 13.8. The first kappa shape index (κ1) is 32.9. The van der Waals surface area contributed by atoms with Crippen LogP contribution in [0, 0.1) is 11.8 Å². The Morgan fingerprint density at radius 3 is 2.43 bits per heavy atom. The van der Waals surface area contributed by atoms with E-state index >= 15 is 4.39 Å². The lowest BCUT2D eigenvalue weighted by Gasteiger charge is -2.33. The molecule has 2 aliphatic heterocycles. The molecule has 6 atom stereocenters. The second-order valence-corrected chi connectivity index (χ2v) is 12.4. The number of nitrogens with one attached hydrogen (secondary N) is 2. The van der Waals surface area contributed by atoms with Crippen LogP contribution in [0.15, 0.2) is 79.1 Å². The predicted octanol–water partition coefficient (Wildman–Crippen LogP) is 4.39. The summed E-state index contributed by atoms with van der Waals surface area (Å²) in [6, 6.07) is 13.9. The molecule has 1 saturated heterocycles. The molecule has 0 spiro atoms. The van der Waals surface area contributed by atoms with Crippen molar-refractivity contribution >= 4 is 19.7 Å². The average Bonchev–Trinajstić information content (AvgIpc) is 3.19. The Morgan fingerprint density at radius 1 is 1.18 bits per heavy atom. The highest BCUT2D eigenvalue weighted by Crippen LogP contribution is 2.47. The van der Waals surface area contributed by atoms with Crippen LogP contribution in [-0.2, 0) is 23.4 Å². The van der Waals surface area contributed by atoms with Gasteiger partial charge in [-0.2, -0.15) is 5.09 Å². The number of halogens is 1. The molecule has 2 aliphatic rings. The lowest BCUT2D eigenvalue weighted by atomic mass is 9.98. The number of amides is 2. The molecule has 13 heteroatoms. The van der Waals surface area contributed by atoms with E-state index in [1.54, 1.807) is 26.0 Å². The normalized spacial score (nSPS) is 25.1. The fraction of sp³-hybridized carbons (Fsp3) is 0.355. The van der Waals surface area contributed by atoms with Crippen LogP contribution in [-0.4, -0.2) is 64.9 Å². The molecule has 0 aromatic heterocycles. The van der Waals surface area contributed by atoms with Crippen LogP contribution < -0.4 is 14.9 Å². The average molecular weight is 628 g/mol. The third-order valence-electron chi connectivity index (χ3n) is 6.58. The standard InChI is InChI=1S/C31H35FN3O8P/c1-20(2)41-28(37)22(4)34-44(39,43-25-15-13-24(14-16-25)12-11-23-9-7-6-8-10-23)40-19-26-27(36)31(5,32)29(42-26)35-18-17-21(3)33-30(35)38/h6-10,13-18,20,22,26-27,29,36H,3,19H2,1-2,4-5H3,(H,33,38)(H,34,39)/t22-,26+,27+,29+,31+,44?/m0/s1. The van der Waals surface area contributed by atoms with Crippen LogP contribution in [0.1, 0.15) is 38.8 Å². The number of aliphatic hydroxyl groups excluding tert-OH is 1. The van der Waals surface area contributed by atoms with Crippen LogP contribution in [0.5, 0.6) is 5.75 Å². The van der Waals surface area contributed by atoms with Crippen molar-refractivity contribution in [1.29, 1.82) is 0 Å². The lowest BCUT2D eigenvalue weighted by Crippen LogP contribution is -2.53. The summed E-state index contributed by atoms with van der Waals surface area (Å²) < 4.78 is 51.8. The van der Waals surface area contributed by atoms with Crippen molar-refractivity contribution < 1.29 is 42.2 Å². The molecule has 0 bridgehead atoms. The number of aliphatic hydroxyl groups is 1. The van der Waals surface area contributed by atoms with E-state index in [0.717, 1.165) is 17.4 Å². The number of hydrogen-bond donors (Lipinski definition) is 3. The van der Waals surface area contributed by atoms with Crippen molar-refractivity contribution in [2.75, 3.05) is 6.61 Å². The van der Waals surface area contributed by atoms with Gasteiger partial charge in [0.05, 0.1) is 12.7 Å². The van der Waals surface area contributed by atoms with Crippen molar-refractivity contribution in [3.63, 3.8) is 0 Å². The maximum atomic E-state index is 15.7. The van der Waals surface area contributed by atoms with Crippen molar-refractivity contribution in [3.05, 3.63) is 90.3 Å². The molecule has 0 aliphatic carbocycles. The van der Waals surface area contributed by atoms with E-state index in [1.807, 2.05) is 30.3 Å². The van der Waals surface area contributed by atoms with E-state index < -0.39 is 62.6 Å². The lowest BCUT2D eigenvalue weighted by molar-refractivity contribution is -0.149. The van der Waals surface area contributed by atoms with Gasteiger partial charge in [0.25, 0.3) is 0 Å². The molecular weight excluding hydrogens is 592 g/mol. The van der Waals surface area contributed by atoms with Crippen molar-refractivity contribution in [2.45, 2.75) is 63.9 Å². The van der Waals surface area contributed by atoms with Crippen molar-refractivity contribution in [3.8, 4) is 17.6 Å². The third-order valence-corrected chi connectivity index (χ3v) is 8.22. The highest BCUT2D eigenvalue weighted by molar-refractivity contribution is 7.52. The van der Waals surface area contributed by atoms with Gasteiger partial charge in [-0.05, 0) is 70.2 Å². The number of nitrogens with zero attached hydrogens (tertiary/aromatic N) is 1. The Hall–Kier alpha value is -3.98. The number of carbonyl (C=O) groups excluding carboxylic acids is 2. The summed E-state index contributed by atoms with van der Waals surface area (Å²) in [6.45, 7) is 8.81. The molecule has 1 fully saturated rings. The Morgan fingerprint density at radius 2 is 1.82 bits per heavy atom. The molecule has 4 rings (SSSR count). The predicted molar refractivity (Wildman–Crippen MR) is 160 cm³/mol. The summed E-state index contributed by atoms with van der Waals surface area (Å²) in [4.78, 5) is 25.9. The fourth-order valence-corrected chi connectivity index (χ4v) is 5.81. The zero-order valence-corrected chi connectivity index (χ0v) is 25.6. The van der Waals surface area contributed by atoms with Crippen LogP contribution in [0.25, 0.3) is 0 Å². The zero-order chi connectivity index (χ0) is 32.1. The number of ether oxygens (including phenoxy) is 2. The first-order valence-corrected chi connectivity index (χ1v) is 15.4. The summed E-state index contributed by atoms with van der Waals surface area (Å²) in [7, 11) is -4.38. The van der Waals surface area contributed by atoms with Gasteiger partial charge in [0, 0.05) is 23.0 Å². The first-order chi connectivity index (χ1) is 20.8. The maximum Gasteiger partial charge on any atom is 0.459 e. The summed E-state index contributed by atoms with van der Waals surface area (Å²) >= 11 is 0. The Bertz CT molecular complexity index is 1500. The van der Waals surface area contributed by atoms with E-state index in [4.69, 9.17) is 18.5 Å². The third kappa shape index (κ3) is 8.14. The number of urea groups is 1. The fourth-order valence-electron chi connectivity index (χ4n) is 4.31. The minimum atomic E-state index is -4.38. The molecule has 234 valence electrons. The van der Waals surface area contributed by atoms with Gasteiger partial charge in [0.2, 0.25) is 0 Å². The summed E-state index contributed by atoms with van der Waals surface area (Å²) in [5, 5.41) is 15.7. The van der Waals surface area contributed by atoms with Crippen molar-refractivity contribution in [1.82, 2.24) is 15.3 Å². The highest BCUT2D eigenvalue weighted by atomic mass is 31.2. The Balaban J connectivity index is 1.50. The smallest absolute Gasteiger partial charge is 0.459 e. The maximum absolute atomic E-state index is 15.7. The monoisotopic (exact) mass is 627 g/mol. The summed E-state index contributed by atoms with van der Waals surface area (Å²) in [6.07, 6.45) is -2.39. The summed E-state index contributed by atoms with van der Waals surface area (Å²) in [5.74, 6) is 5.47. The molecule has 2 amide bonds. The number of esters is 1. The molecular formula is C31H35FN3O8P. The van der Waals surface area contributed by atoms with E-state index in [1.165, 1.54) is 31.3 Å².